The minimum absolute atomic E-state index is 0.384. The summed E-state index contributed by atoms with van der Waals surface area (Å²) in [4.78, 5) is -0.624. The molecule has 0 aliphatic heterocycles. The zero-order valence-corrected chi connectivity index (χ0v) is 9.32. The molecule has 0 saturated heterocycles. The lowest BCUT2D eigenvalue weighted by molar-refractivity contribution is -0.204. The summed E-state index contributed by atoms with van der Waals surface area (Å²) >= 11 is 4.55. The standard InChI is InChI=1S/C10H9F4NOS/c11-6-16-8(10(12,13)14)9(17)15-7-4-2-1-3-5-7/h1-5,8H,6H2,(H,15,17). The van der Waals surface area contributed by atoms with Crippen LogP contribution in [0, 0.1) is 0 Å². The van der Waals surface area contributed by atoms with Gasteiger partial charge in [0.1, 0.15) is 4.99 Å². The van der Waals surface area contributed by atoms with Gasteiger partial charge in [0.05, 0.1) is 0 Å². The molecule has 0 radical (unpaired) electrons. The van der Waals surface area contributed by atoms with Gasteiger partial charge in [-0.3, -0.25) is 0 Å². The Hall–Kier alpha value is -1.21. The number of rotatable bonds is 4. The second-order valence-electron chi connectivity index (χ2n) is 3.05. The summed E-state index contributed by atoms with van der Waals surface area (Å²) < 4.78 is 53.1. The van der Waals surface area contributed by atoms with E-state index in [1.807, 2.05) is 0 Å². The molecule has 0 bridgehead atoms. The van der Waals surface area contributed by atoms with Crippen molar-refractivity contribution in [1.29, 1.82) is 0 Å². The van der Waals surface area contributed by atoms with Crippen molar-refractivity contribution >= 4 is 22.9 Å². The lowest BCUT2D eigenvalue weighted by atomic mass is 10.3. The summed E-state index contributed by atoms with van der Waals surface area (Å²) in [5.74, 6) is 0. The van der Waals surface area contributed by atoms with Gasteiger partial charge in [-0.05, 0) is 12.1 Å². The number of nitrogens with one attached hydrogen (secondary N) is 1. The van der Waals surface area contributed by atoms with E-state index in [-0.39, 0.29) is 0 Å². The molecular formula is C10H9F4NOS. The Morgan fingerprint density at radius 2 is 1.88 bits per heavy atom. The molecule has 0 spiro atoms. The molecule has 1 aromatic carbocycles. The van der Waals surface area contributed by atoms with Crippen LogP contribution in [-0.4, -0.2) is 24.1 Å². The molecule has 0 aliphatic carbocycles. The zero-order valence-electron chi connectivity index (χ0n) is 8.50. The first-order valence-corrected chi connectivity index (χ1v) is 4.96. The first-order valence-electron chi connectivity index (χ1n) is 4.55. The molecule has 7 heteroatoms. The van der Waals surface area contributed by atoms with Crippen LogP contribution in [0.2, 0.25) is 0 Å². The monoisotopic (exact) mass is 267 g/mol. The molecule has 0 heterocycles. The summed E-state index contributed by atoms with van der Waals surface area (Å²) in [6, 6.07) is 8.03. The van der Waals surface area contributed by atoms with E-state index in [2.05, 4.69) is 22.3 Å². The number of ether oxygens (including phenoxy) is 1. The largest absolute Gasteiger partial charge is 0.421 e. The summed E-state index contributed by atoms with van der Waals surface area (Å²) in [6.07, 6.45) is -7.19. The third kappa shape index (κ3) is 4.27. The second-order valence-corrected chi connectivity index (χ2v) is 3.49. The SMILES string of the molecule is FCOC(C(=S)Nc1ccccc1)C(F)(F)F. The maximum absolute atomic E-state index is 12.4. The number of halogens is 4. The fraction of sp³-hybridized carbons (Fsp3) is 0.300. The number of hydrogen-bond donors (Lipinski definition) is 1. The molecule has 17 heavy (non-hydrogen) atoms. The normalized spacial score (nSPS) is 13.2. The van der Waals surface area contributed by atoms with Crippen LogP contribution in [0.1, 0.15) is 0 Å². The highest BCUT2D eigenvalue weighted by atomic mass is 32.1. The van der Waals surface area contributed by atoms with Crippen LogP contribution in [0.5, 0.6) is 0 Å². The Morgan fingerprint density at radius 1 is 1.29 bits per heavy atom. The molecule has 1 unspecified atom stereocenters. The molecule has 0 aromatic heterocycles. The van der Waals surface area contributed by atoms with E-state index in [1.54, 1.807) is 18.2 Å². The summed E-state index contributed by atoms with van der Waals surface area (Å²) in [5, 5.41) is 2.35. The lowest BCUT2D eigenvalue weighted by Crippen LogP contribution is -2.41. The van der Waals surface area contributed by atoms with Gasteiger partial charge in [-0.25, -0.2) is 4.39 Å². The van der Waals surface area contributed by atoms with E-state index < -0.39 is 24.1 Å². The Kier molecular flexibility index (Phi) is 4.83. The molecule has 0 saturated carbocycles. The molecule has 0 fully saturated rings. The Balaban J connectivity index is 2.73. The van der Waals surface area contributed by atoms with Gasteiger partial charge < -0.3 is 10.1 Å². The zero-order chi connectivity index (χ0) is 12.9. The van der Waals surface area contributed by atoms with E-state index in [0.717, 1.165) is 0 Å². The predicted molar refractivity (Wildman–Crippen MR) is 59.6 cm³/mol. The molecular weight excluding hydrogens is 258 g/mol. The van der Waals surface area contributed by atoms with Gasteiger partial charge in [-0.15, -0.1) is 0 Å². The van der Waals surface area contributed by atoms with Crippen LogP contribution >= 0.6 is 12.2 Å². The molecule has 1 aromatic rings. The van der Waals surface area contributed by atoms with Crippen molar-refractivity contribution in [3.63, 3.8) is 0 Å². The highest BCUT2D eigenvalue weighted by Gasteiger charge is 2.44. The van der Waals surface area contributed by atoms with Crippen LogP contribution in [-0.2, 0) is 4.74 Å². The van der Waals surface area contributed by atoms with Crippen LogP contribution < -0.4 is 5.32 Å². The van der Waals surface area contributed by atoms with Gasteiger partial charge in [0.15, 0.2) is 6.86 Å². The number of thiocarbonyl (C=S) groups is 1. The van der Waals surface area contributed by atoms with E-state index >= 15 is 0 Å². The quantitative estimate of drug-likeness (QED) is 0.668. The maximum Gasteiger partial charge on any atom is 0.421 e. The van der Waals surface area contributed by atoms with Crippen molar-refractivity contribution in [3.05, 3.63) is 30.3 Å². The second kappa shape index (κ2) is 5.92. The van der Waals surface area contributed by atoms with Crippen molar-refractivity contribution in [1.82, 2.24) is 0 Å². The van der Waals surface area contributed by atoms with Gasteiger partial charge in [0, 0.05) is 5.69 Å². The minimum atomic E-state index is -4.75. The van der Waals surface area contributed by atoms with Gasteiger partial charge in [0.25, 0.3) is 0 Å². The van der Waals surface area contributed by atoms with Gasteiger partial charge in [-0.1, -0.05) is 30.4 Å². The highest BCUT2D eigenvalue weighted by molar-refractivity contribution is 7.80. The Morgan fingerprint density at radius 3 is 2.35 bits per heavy atom. The van der Waals surface area contributed by atoms with Crippen molar-refractivity contribution in [3.8, 4) is 0 Å². The summed E-state index contributed by atoms with van der Waals surface area (Å²) in [5.41, 5.74) is 0.384. The average molecular weight is 267 g/mol. The topological polar surface area (TPSA) is 21.3 Å². The molecule has 0 amide bonds. The van der Waals surface area contributed by atoms with Crippen LogP contribution in [0.25, 0.3) is 0 Å². The molecule has 1 N–H and O–H groups in total. The molecule has 2 nitrogen and oxygen atoms in total. The Bertz CT molecular complexity index is 368. The van der Waals surface area contributed by atoms with E-state index in [4.69, 9.17) is 0 Å². The summed E-state index contributed by atoms with van der Waals surface area (Å²) in [7, 11) is 0. The van der Waals surface area contributed by atoms with Crippen molar-refractivity contribution in [2.24, 2.45) is 0 Å². The third-order valence-corrected chi connectivity index (χ3v) is 2.12. The smallest absolute Gasteiger partial charge is 0.348 e. The first-order chi connectivity index (χ1) is 7.95. The van der Waals surface area contributed by atoms with Gasteiger partial charge in [-0.2, -0.15) is 13.2 Å². The first kappa shape index (κ1) is 13.9. The van der Waals surface area contributed by atoms with Crippen LogP contribution in [0.3, 0.4) is 0 Å². The Labute approximate surface area is 101 Å². The van der Waals surface area contributed by atoms with E-state index in [1.165, 1.54) is 12.1 Å². The van der Waals surface area contributed by atoms with Gasteiger partial charge in [0.2, 0.25) is 6.10 Å². The molecule has 0 aliphatic rings. The fourth-order valence-corrected chi connectivity index (χ4v) is 1.43. The predicted octanol–water partition coefficient (Wildman–Crippen LogP) is 3.30. The van der Waals surface area contributed by atoms with Crippen molar-refractivity contribution in [2.75, 3.05) is 12.2 Å². The van der Waals surface area contributed by atoms with Crippen LogP contribution in [0.15, 0.2) is 30.3 Å². The minimum Gasteiger partial charge on any atom is -0.348 e. The lowest BCUT2D eigenvalue weighted by Gasteiger charge is -2.20. The van der Waals surface area contributed by atoms with Crippen LogP contribution in [0.4, 0.5) is 23.2 Å². The van der Waals surface area contributed by atoms with E-state index in [0.29, 0.717) is 5.69 Å². The number of hydrogen-bond acceptors (Lipinski definition) is 2. The molecule has 1 atom stereocenters. The number of anilines is 1. The maximum atomic E-state index is 12.4. The molecule has 94 valence electrons. The third-order valence-electron chi connectivity index (χ3n) is 1.81. The summed E-state index contributed by atoms with van der Waals surface area (Å²) in [6.45, 7) is -1.55. The van der Waals surface area contributed by atoms with Crippen molar-refractivity contribution in [2.45, 2.75) is 12.3 Å². The average Bonchev–Trinajstić information content (AvgIpc) is 2.25. The molecule has 1 rings (SSSR count). The fourth-order valence-electron chi connectivity index (χ4n) is 1.11. The highest BCUT2D eigenvalue weighted by Crippen LogP contribution is 2.25. The number of para-hydroxylation sites is 1. The van der Waals surface area contributed by atoms with Crippen molar-refractivity contribution < 1.29 is 22.3 Å². The van der Waals surface area contributed by atoms with Gasteiger partial charge >= 0.3 is 6.18 Å². The number of alkyl halides is 4. The van der Waals surface area contributed by atoms with E-state index in [9.17, 15) is 17.6 Å². The number of benzene rings is 1.